The number of hydrogen-bond acceptors (Lipinski definition) is 3. The number of sulfonamides is 1. The van der Waals surface area contributed by atoms with Crippen molar-refractivity contribution in [3.8, 4) is 0 Å². The maximum atomic E-state index is 11.1. The molecular weight excluding hydrogens is 178 g/mol. The van der Waals surface area contributed by atoms with Crippen LogP contribution in [0.15, 0.2) is 11.6 Å². The molecule has 0 unspecified atom stereocenters. The molecule has 0 rings (SSSR count). The van der Waals surface area contributed by atoms with E-state index in [1.165, 1.54) is 13.1 Å². The van der Waals surface area contributed by atoms with Crippen molar-refractivity contribution < 1.29 is 13.2 Å². The van der Waals surface area contributed by atoms with E-state index in [1.807, 2.05) is 0 Å². The van der Waals surface area contributed by atoms with Crippen LogP contribution >= 0.6 is 0 Å². The summed E-state index contributed by atoms with van der Waals surface area (Å²) in [5.41, 5.74) is 0.774. The van der Waals surface area contributed by atoms with Crippen LogP contribution in [-0.4, -0.2) is 31.9 Å². The molecule has 0 aromatic carbocycles. The van der Waals surface area contributed by atoms with Gasteiger partial charge < -0.3 is 0 Å². The summed E-state index contributed by atoms with van der Waals surface area (Å²) in [5.74, 6) is -0.516. The summed E-state index contributed by atoms with van der Waals surface area (Å²) >= 11 is 0. The summed E-state index contributed by atoms with van der Waals surface area (Å²) in [5, 5.41) is 0. The van der Waals surface area contributed by atoms with Gasteiger partial charge in [-0.3, -0.25) is 4.79 Å². The van der Waals surface area contributed by atoms with Gasteiger partial charge in [0.2, 0.25) is 10.0 Å². The van der Waals surface area contributed by atoms with E-state index in [-0.39, 0.29) is 0 Å². The van der Waals surface area contributed by atoms with Crippen LogP contribution in [0.2, 0.25) is 0 Å². The number of rotatable bonds is 2. The van der Waals surface area contributed by atoms with Crippen LogP contribution in [-0.2, 0) is 14.8 Å². The molecule has 0 aliphatic heterocycles. The first-order chi connectivity index (χ1) is 5.25. The van der Waals surface area contributed by atoms with Gasteiger partial charge in [0.25, 0.3) is 5.91 Å². The third-order valence-corrected chi connectivity index (χ3v) is 2.39. The van der Waals surface area contributed by atoms with Crippen molar-refractivity contribution in [2.75, 3.05) is 13.3 Å². The number of amides is 1. The van der Waals surface area contributed by atoms with Crippen LogP contribution in [0, 0.1) is 0 Å². The fraction of sp³-hybridized carbons (Fsp3) is 0.571. The van der Waals surface area contributed by atoms with Crippen LogP contribution in [0.1, 0.15) is 13.8 Å². The van der Waals surface area contributed by atoms with E-state index in [2.05, 4.69) is 0 Å². The van der Waals surface area contributed by atoms with E-state index in [0.717, 1.165) is 11.8 Å². The second-order valence-electron chi connectivity index (χ2n) is 2.79. The molecule has 0 aliphatic rings. The number of nitrogens with zero attached hydrogens (tertiary/aromatic N) is 1. The highest BCUT2D eigenvalue weighted by Crippen LogP contribution is 1.98. The minimum atomic E-state index is -3.41. The Balaban J connectivity index is 4.65. The highest BCUT2D eigenvalue weighted by atomic mass is 32.2. The summed E-state index contributed by atoms with van der Waals surface area (Å²) in [7, 11) is -2.18. The molecule has 0 N–H and O–H groups in total. The first-order valence-corrected chi connectivity index (χ1v) is 5.22. The van der Waals surface area contributed by atoms with Crippen molar-refractivity contribution in [3.63, 3.8) is 0 Å². The average molecular weight is 191 g/mol. The Morgan fingerprint density at radius 3 is 2.00 bits per heavy atom. The normalized spacial score (nSPS) is 10.7. The Morgan fingerprint density at radius 2 is 1.75 bits per heavy atom. The molecule has 0 aromatic rings. The Labute approximate surface area is 72.9 Å². The van der Waals surface area contributed by atoms with Crippen molar-refractivity contribution in [1.82, 2.24) is 4.31 Å². The molecule has 0 aromatic heterocycles. The van der Waals surface area contributed by atoms with Crippen LogP contribution in [0.5, 0.6) is 0 Å². The summed E-state index contributed by atoms with van der Waals surface area (Å²) < 4.78 is 22.4. The Hall–Kier alpha value is -0.840. The molecule has 70 valence electrons. The van der Waals surface area contributed by atoms with E-state index in [4.69, 9.17) is 0 Å². The molecule has 0 bridgehead atoms. The van der Waals surface area contributed by atoms with Gasteiger partial charge in [0.15, 0.2) is 0 Å². The SMILES string of the molecule is CC(C)=CC(=O)N(C)S(C)(=O)=O. The highest BCUT2D eigenvalue weighted by molar-refractivity contribution is 7.88. The zero-order valence-corrected chi connectivity index (χ0v) is 8.47. The minimum absolute atomic E-state index is 0.516. The van der Waals surface area contributed by atoms with E-state index in [0.29, 0.717) is 4.31 Å². The first kappa shape index (κ1) is 11.2. The summed E-state index contributed by atoms with van der Waals surface area (Å²) in [6, 6.07) is 0. The molecule has 5 heteroatoms. The Morgan fingerprint density at radius 1 is 1.33 bits per heavy atom. The highest BCUT2D eigenvalue weighted by Gasteiger charge is 2.15. The molecule has 1 amide bonds. The molecule has 0 spiro atoms. The van der Waals surface area contributed by atoms with Crippen molar-refractivity contribution in [2.24, 2.45) is 0 Å². The van der Waals surface area contributed by atoms with Gasteiger partial charge in [0.05, 0.1) is 6.26 Å². The second kappa shape index (κ2) is 3.71. The lowest BCUT2D eigenvalue weighted by molar-refractivity contribution is -0.120. The summed E-state index contributed by atoms with van der Waals surface area (Å²) in [6.07, 6.45) is 2.27. The number of likely N-dealkylation sites (N-methyl/N-ethyl adjacent to an activating group) is 1. The Bertz CT molecular complexity index is 299. The molecule has 0 radical (unpaired) electrons. The minimum Gasteiger partial charge on any atom is -0.269 e. The maximum absolute atomic E-state index is 11.1. The van der Waals surface area contributed by atoms with E-state index in [9.17, 15) is 13.2 Å². The maximum Gasteiger partial charge on any atom is 0.259 e. The van der Waals surface area contributed by atoms with Gasteiger partial charge in [-0.2, -0.15) is 0 Å². The van der Waals surface area contributed by atoms with Crippen molar-refractivity contribution >= 4 is 15.9 Å². The van der Waals surface area contributed by atoms with Crippen molar-refractivity contribution in [3.05, 3.63) is 11.6 Å². The van der Waals surface area contributed by atoms with Crippen LogP contribution < -0.4 is 0 Å². The van der Waals surface area contributed by atoms with Crippen LogP contribution in [0.4, 0.5) is 0 Å². The zero-order chi connectivity index (χ0) is 9.94. The lowest BCUT2D eigenvalue weighted by Gasteiger charge is -2.11. The van der Waals surface area contributed by atoms with Gasteiger partial charge in [0, 0.05) is 13.1 Å². The third-order valence-electron chi connectivity index (χ3n) is 1.22. The van der Waals surface area contributed by atoms with Gasteiger partial charge >= 0.3 is 0 Å². The fourth-order valence-electron chi connectivity index (χ4n) is 0.501. The third kappa shape index (κ3) is 3.52. The molecule has 12 heavy (non-hydrogen) atoms. The molecular formula is C7H13NO3S. The van der Waals surface area contributed by atoms with Crippen LogP contribution in [0.3, 0.4) is 0 Å². The molecule has 0 heterocycles. The largest absolute Gasteiger partial charge is 0.269 e. The molecule has 4 nitrogen and oxygen atoms in total. The van der Waals surface area contributed by atoms with Crippen molar-refractivity contribution in [1.29, 1.82) is 0 Å². The van der Waals surface area contributed by atoms with E-state index in [1.54, 1.807) is 13.8 Å². The summed E-state index contributed by atoms with van der Waals surface area (Å²) in [4.78, 5) is 11.1. The van der Waals surface area contributed by atoms with Gasteiger partial charge in [0.1, 0.15) is 0 Å². The van der Waals surface area contributed by atoms with E-state index >= 15 is 0 Å². The lowest BCUT2D eigenvalue weighted by atomic mass is 10.3. The van der Waals surface area contributed by atoms with Gasteiger partial charge in [-0.05, 0) is 13.8 Å². The quantitative estimate of drug-likeness (QED) is 0.592. The Kier molecular flexibility index (Phi) is 3.45. The molecule has 0 atom stereocenters. The van der Waals surface area contributed by atoms with Gasteiger partial charge in [-0.1, -0.05) is 5.57 Å². The molecule has 0 aliphatic carbocycles. The van der Waals surface area contributed by atoms with Gasteiger partial charge in [-0.25, -0.2) is 12.7 Å². The second-order valence-corrected chi connectivity index (χ2v) is 4.80. The molecule has 0 fully saturated rings. The topological polar surface area (TPSA) is 54.5 Å². The first-order valence-electron chi connectivity index (χ1n) is 3.38. The average Bonchev–Trinajstić information content (AvgIpc) is 1.82. The van der Waals surface area contributed by atoms with Crippen molar-refractivity contribution in [2.45, 2.75) is 13.8 Å². The number of carbonyl (C=O) groups is 1. The predicted octanol–water partition coefficient (Wildman–Crippen LogP) is 0.371. The van der Waals surface area contributed by atoms with E-state index < -0.39 is 15.9 Å². The monoisotopic (exact) mass is 191 g/mol. The fourth-order valence-corrected chi connectivity index (χ4v) is 0.881. The molecule has 0 saturated carbocycles. The number of carbonyl (C=O) groups excluding carboxylic acids is 1. The number of allylic oxidation sites excluding steroid dienone is 1. The van der Waals surface area contributed by atoms with Crippen LogP contribution in [0.25, 0.3) is 0 Å². The zero-order valence-electron chi connectivity index (χ0n) is 7.66. The number of hydrogen-bond donors (Lipinski definition) is 0. The standard InChI is InChI=1S/C7H13NO3S/c1-6(2)5-7(9)8(3)12(4,10)11/h5H,1-4H3. The smallest absolute Gasteiger partial charge is 0.259 e. The summed E-state index contributed by atoms with van der Waals surface area (Å²) in [6.45, 7) is 3.46. The molecule has 0 saturated heterocycles. The predicted molar refractivity (Wildman–Crippen MR) is 47.0 cm³/mol. The van der Waals surface area contributed by atoms with Gasteiger partial charge in [-0.15, -0.1) is 0 Å². The lowest BCUT2D eigenvalue weighted by Crippen LogP contribution is -2.30.